The maximum Gasteiger partial charge on any atom is 0.191 e. The fraction of sp³-hybridized carbons (Fsp3) is 0.846. The van der Waals surface area contributed by atoms with Crippen LogP contribution < -0.4 is 5.73 Å². The van der Waals surface area contributed by atoms with Gasteiger partial charge in [-0.3, -0.25) is 0 Å². The highest BCUT2D eigenvalue weighted by Crippen LogP contribution is 2.29. The van der Waals surface area contributed by atoms with Crippen LogP contribution >= 0.6 is 0 Å². The quantitative estimate of drug-likeness (QED) is 0.418. The standard InChI is InChI=1S/C13H25N3O/c1-4-13(5-2,8-9-17)15-12(14)16(3)10-11-6-7-11/h9,11H,4-8,10H2,1-3H3,(H2,14,15). The summed E-state index contributed by atoms with van der Waals surface area (Å²) in [6.45, 7) is 5.11. The van der Waals surface area contributed by atoms with Crippen LogP contribution in [-0.2, 0) is 4.79 Å². The smallest absolute Gasteiger partial charge is 0.191 e. The average Bonchev–Trinajstić information content (AvgIpc) is 3.12. The number of nitrogens with two attached hydrogens (primary N) is 1. The number of aldehydes is 1. The molecule has 1 aliphatic carbocycles. The molecule has 0 amide bonds. The van der Waals surface area contributed by atoms with E-state index in [-0.39, 0.29) is 5.54 Å². The molecule has 17 heavy (non-hydrogen) atoms. The monoisotopic (exact) mass is 239 g/mol. The van der Waals surface area contributed by atoms with Crippen molar-refractivity contribution in [3.8, 4) is 0 Å². The van der Waals surface area contributed by atoms with Crippen molar-refractivity contribution in [3.63, 3.8) is 0 Å². The highest BCUT2D eigenvalue weighted by atomic mass is 16.1. The molecule has 0 radical (unpaired) electrons. The first-order valence-electron chi connectivity index (χ1n) is 6.57. The van der Waals surface area contributed by atoms with Gasteiger partial charge < -0.3 is 15.4 Å². The minimum atomic E-state index is -0.302. The molecule has 0 saturated heterocycles. The van der Waals surface area contributed by atoms with Gasteiger partial charge in [0, 0.05) is 20.0 Å². The summed E-state index contributed by atoms with van der Waals surface area (Å²) in [4.78, 5) is 17.4. The number of carbonyl (C=O) groups is 1. The second kappa shape index (κ2) is 6.03. The van der Waals surface area contributed by atoms with Gasteiger partial charge in [-0.25, -0.2) is 4.99 Å². The Morgan fingerprint density at radius 3 is 2.47 bits per heavy atom. The van der Waals surface area contributed by atoms with Crippen LogP contribution in [0.2, 0.25) is 0 Å². The van der Waals surface area contributed by atoms with Crippen molar-refractivity contribution in [1.82, 2.24) is 4.90 Å². The summed E-state index contributed by atoms with van der Waals surface area (Å²) in [6.07, 6.45) is 5.71. The lowest BCUT2D eigenvalue weighted by molar-refractivity contribution is -0.108. The zero-order valence-corrected chi connectivity index (χ0v) is 11.3. The van der Waals surface area contributed by atoms with E-state index in [9.17, 15) is 4.79 Å². The fourth-order valence-electron chi connectivity index (χ4n) is 2.01. The summed E-state index contributed by atoms with van der Waals surface area (Å²) in [5.41, 5.74) is 5.72. The van der Waals surface area contributed by atoms with E-state index in [4.69, 9.17) is 5.73 Å². The lowest BCUT2D eigenvalue weighted by Gasteiger charge is -2.28. The molecule has 4 nitrogen and oxygen atoms in total. The number of guanidine groups is 1. The normalized spacial score (nSPS) is 17.0. The molecule has 98 valence electrons. The summed E-state index contributed by atoms with van der Waals surface area (Å²) < 4.78 is 0. The predicted molar refractivity (Wildman–Crippen MR) is 71.0 cm³/mol. The van der Waals surface area contributed by atoms with E-state index in [0.717, 1.165) is 31.6 Å². The maximum absolute atomic E-state index is 10.8. The Labute approximate surface area is 104 Å². The van der Waals surface area contributed by atoms with Crippen LogP contribution in [0, 0.1) is 5.92 Å². The van der Waals surface area contributed by atoms with Gasteiger partial charge in [0.15, 0.2) is 5.96 Å². The molecule has 1 saturated carbocycles. The van der Waals surface area contributed by atoms with E-state index >= 15 is 0 Å². The fourth-order valence-corrected chi connectivity index (χ4v) is 2.01. The highest BCUT2D eigenvalue weighted by Gasteiger charge is 2.27. The minimum absolute atomic E-state index is 0.302. The van der Waals surface area contributed by atoms with Gasteiger partial charge in [-0.1, -0.05) is 13.8 Å². The molecule has 0 unspecified atom stereocenters. The van der Waals surface area contributed by atoms with E-state index in [0.29, 0.717) is 12.4 Å². The Morgan fingerprint density at radius 2 is 2.06 bits per heavy atom. The molecule has 0 spiro atoms. The Hall–Kier alpha value is -1.06. The topological polar surface area (TPSA) is 58.7 Å². The molecular weight excluding hydrogens is 214 g/mol. The summed E-state index contributed by atoms with van der Waals surface area (Å²) >= 11 is 0. The molecule has 1 aliphatic rings. The lowest BCUT2D eigenvalue weighted by atomic mass is 9.90. The van der Waals surface area contributed by atoms with Crippen LogP contribution in [-0.4, -0.2) is 36.3 Å². The van der Waals surface area contributed by atoms with Gasteiger partial charge in [-0.15, -0.1) is 0 Å². The molecular formula is C13H25N3O. The van der Waals surface area contributed by atoms with Crippen molar-refractivity contribution in [2.75, 3.05) is 13.6 Å². The first-order chi connectivity index (χ1) is 8.06. The van der Waals surface area contributed by atoms with Gasteiger partial charge >= 0.3 is 0 Å². The van der Waals surface area contributed by atoms with Gasteiger partial charge in [0.05, 0.1) is 5.54 Å². The van der Waals surface area contributed by atoms with Gasteiger partial charge in [0.2, 0.25) is 0 Å². The number of carbonyl (C=O) groups excluding carboxylic acids is 1. The van der Waals surface area contributed by atoms with Crippen molar-refractivity contribution in [3.05, 3.63) is 0 Å². The Morgan fingerprint density at radius 1 is 1.47 bits per heavy atom. The third-order valence-corrected chi connectivity index (χ3v) is 3.75. The SMILES string of the molecule is CCC(CC)(CC=O)N=C(N)N(C)CC1CC1. The molecule has 2 N–H and O–H groups in total. The van der Waals surface area contributed by atoms with Crippen LogP contribution in [0.5, 0.6) is 0 Å². The summed E-state index contributed by atoms with van der Waals surface area (Å²) in [5.74, 6) is 1.36. The molecule has 0 bridgehead atoms. The first-order valence-corrected chi connectivity index (χ1v) is 6.57. The molecule has 0 aromatic rings. The van der Waals surface area contributed by atoms with Crippen molar-refractivity contribution in [2.45, 2.75) is 51.5 Å². The lowest BCUT2D eigenvalue weighted by Crippen LogP contribution is -2.39. The van der Waals surface area contributed by atoms with Gasteiger partial charge in [-0.05, 0) is 31.6 Å². The number of hydrogen-bond donors (Lipinski definition) is 1. The van der Waals surface area contributed by atoms with E-state index in [1.807, 2.05) is 11.9 Å². The van der Waals surface area contributed by atoms with Gasteiger partial charge in [0.1, 0.15) is 6.29 Å². The van der Waals surface area contributed by atoms with Crippen LogP contribution in [0.3, 0.4) is 0 Å². The third-order valence-electron chi connectivity index (χ3n) is 3.75. The van der Waals surface area contributed by atoms with Crippen LogP contribution in [0.15, 0.2) is 4.99 Å². The van der Waals surface area contributed by atoms with E-state index in [2.05, 4.69) is 18.8 Å². The molecule has 0 aromatic heterocycles. The van der Waals surface area contributed by atoms with Crippen molar-refractivity contribution in [1.29, 1.82) is 0 Å². The summed E-state index contributed by atoms with van der Waals surface area (Å²) in [5, 5.41) is 0. The number of rotatable bonds is 7. The summed E-state index contributed by atoms with van der Waals surface area (Å²) in [6, 6.07) is 0. The highest BCUT2D eigenvalue weighted by molar-refractivity contribution is 5.78. The number of aliphatic imine (C=N–C) groups is 1. The summed E-state index contributed by atoms with van der Waals surface area (Å²) in [7, 11) is 1.98. The molecule has 0 aliphatic heterocycles. The first kappa shape index (κ1) is 14.0. The Bertz CT molecular complexity index is 280. The Kier molecular flexibility index (Phi) is 4.97. The average molecular weight is 239 g/mol. The Balaban J connectivity index is 2.68. The zero-order valence-electron chi connectivity index (χ0n) is 11.3. The minimum Gasteiger partial charge on any atom is -0.370 e. The molecule has 0 heterocycles. The molecule has 0 atom stereocenters. The predicted octanol–water partition coefficient (Wildman–Crippen LogP) is 1.79. The molecule has 4 heteroatoms. The maximum atomic E-state index is 10.8. The van der Waals surface area contributed by atoms with Crippen molar-refractivity contribution < 1.29 is 4.79 Å². The van der Waals surface area contributed by atoms with Crippen molar-refractivity contribution in [2.24, 2.45) is 16.6 Å². The van der Waals surface area contributed by atoms with E-state index in [1.54, 1.807) is 0 Å². The van der Waals surface area contributed by atoms with E-state index < -0.39 is 0 Å². The number of nitrogens with zero attached hydrogens (tertiary/aromatic N) is 2. The van der Waals surface area contributed by atoms with Gasteiger partial charge in [-0.2, -0.15) is 0 Å². The molecule has 0 aromatic carbocycles. The largest absolute Gasteiger partial charge is 0.370 e. The van der Waals surface area contributed by atoms with Crippen LogP contribution in [0.4, 0.5) is 0 Å². The number of hydrogen-bond acceptors (Lipinski definition) is 2. The van der Waals surface area contributed by atoms with Crippen LogP contribution in [0.1, 0.15) is 46.0 Å². The second-order valence-corrected chi connectivity index (χ2v) is 5.10. The van der Waals surface area contributed by atoms with E-state index in [1.165, 1.54) is 12.8 Å². The second-order valence-electron chi connectivity index (χ2n) is 5.10. The zero-order chi connectivity index (χ0) is 12.9. The molecule has 1 fully saturated rings. The molecule has 1 rings (SSSR count). The van der Waals surface area contributed by atoms with Gasteiger partial charge in [0.25, 0.3) is 0 Å². The van der Waals surface area contributed by atoms with Crippen molar-refractivity contribution >= 4 is 12.2 Å². The third kappa shape index (κ3) is 4.02. The van der Waals surface area contributed by atoms with Crippen LogP contribution in [0.25, 0.3) is 0 Å².